The third kappa shape index (κ3) is 7.26. The molecule has 0 saturated carbocycles. The molecule has 40 heavy (non-hydrogen) atoms. The largest absolute Gasteiger partial charge is 0.488 e. The highest BCUT2D eigenvalue weighted by Crippen LogP contribution is 2.33. The number of ether oxygens (including phenoxy) is 1. The SMILES string of the molecule is O=C(CN(c1cccc(C(F)(F)F)c1)S(=O)(=O)c1ccccc1)N/N=C\c1ccccc1OCc1ccccc1. The fraction of sp³-hybridized carbons (Fsp3) is 0.103. The number of anilines is 1. The molecule has 1 N–H and O–H groups in total. The molecule has 0 heterocycles. The number of benzene rings is 4. The van der Waals surface area contributed by atoms with Crippen LogP contribution < -0.4 is 14.5 Å². The molecular formula is C29H24F3N3O4S. The van der Waals surface area contributed by atoms with Crippen LogP contribution in [0.3, 0.4) is 0 Å². The van der Waals surface area contributed by atoms with E-state index in [1.54, 1.807) is 30.3 Å². The summed E-state index contributed by atoms with van der Waals surface area (Å²) in [4.78, 5) is 12.6. The Labute approximate surface area is 229 Å². The molecule has 0 aliphatic rings. The minimum Gasteiger partial charge on any atom is -0.488 e. The van der Waals surface area contributed by atoms with Crippen LogP contribution in [-0.2, 0) is 27.6 Å². The third-order valence-corrected chi connectivity index (χ3v) is 7.42. The molecule has 4 aromatic carbocycles. The second kappa shape index (κ2) is 12.5. The van der Waals surface area contributed by atoms with Crippen molar-refractivity contribution in [1.29, 1.82) is 0 Å². The van der Waals surface area contributed by atoms with Crippen LogP contribution >= 0.6 is 0 Å². The Hall–Kier alpha value is -4.64. The molecule has 0 unspecified atom stereocenters. The minimum atomic E-state index is -4.71. The molecule has 11 heteroatoms. The van der Waals surface area contributed by atoms with Gasteiger partial charge in [-0.25, -0.2) is 13.8 Å². The minimum absolute atomic E-state index is 0.187. The van der Waals surface area contributed by atoms with E-state index in [0.717, 1.165) is 17.7 Å². The van der Waals surface area contributed by atoms with Crippen molar-refractivity contribution >= 4 is 27.8 Å². The maximum Gasteiger partial charge on any atom is 0.416 e. The van der Waals surface area contributed by atoms with Crippen LogP contribution in [-0.4, -0.2) is 27.1 Å². The Balaban J connectivity index is 1.53. The first-order chi connectivity index (χ1) is 19.1. The van der Waals surface area contributed by atoms with Crippen molar-refractivity contribution in [3.05, 3.63) is 126 Å². The van der Waals surface area contributed by atoms with Gasteiger partial charge in [0.2, 0.25) is 0 Å². The molecule has 0 saturated heterocycles. The summed E-state index contributed by atoms with van der Waals surface area (Å²) in [6.07, 6.45) is -3.38. The number of carbonyl (C=O) groups excluding carboxylic acids is 1. The highest BCUT2D eigenvalue weighted by Gasteiger charge is 2.33. The molecule has 0 atom stereocenters. The second-order valence-electron chi connectivity index (χ2n) is 8.48. The molecule has 0 aliphatic heterocycles. The van der Waals surface area contributed by atoms with Crippen molar-refractivity contribution < 1.29 is 31.1 Å². The summed E-state index contributed by atoms with van der Waals surface area (Å²) in [6.45, 7) is -0.511. The van der Waals surface area contributed by atoms with Gasteiger partial charge in [0.05, 0.1) is 22.4 Å². The van der Waals surface area contributed by atoms with Crippen LogP contribution in [0.2, 0.25) is 0 Å². The summed E-state index contributed by atoms with van der Waals surface area (Å²) in [5.41, 5.74) is 2.38. The predicted octanol–water partition coefficient (Wildman–Crippen LogP) is 5.63. The van der Waals surface area contributed by atoms with E-state index in [9.17, 15) is 26.4 Å². The average Bonchev–Trinajstić information content (AvgIpc) is 2.96. The van der Waals surface area contributed by atoms with Crippen molar-refractivity contribution in [2.45, 2.75) is 17.7 Å². The molecule has 0 aliphatic carbocycles. The second-order valence-corrected chi connectivity index (χ2v) is 10.3. The van der Waals surface area contributed by atoms with Gasteiger partial charge in [-0.05, 0) is 48.0 Å². The summed E-state index contributed by atoms with van der Waals surface area (Å²) in [7, 11) is -4.40. The Morgan fingerprint density at radius 3 is 2.23 bits per heavy atom. The van der Waals surface area contributed by atoms with E-state index in [2.05, 4.69) is 10.5 Å². The van der Waals surface area contributed by atoms with Gasteiger partial charge in [-0.1, -0.05) is 66.7 Å². The fourth-order valence-electron chi connectivity index (χ4n) is 3.67. The Morgan fingerprint density at radius 2 is 1.52 bits per heavy atom. The summed E-state index contributed by atoms with van der Waals surface area (Å²) in [6, 6.07) is 27.3. The molecule has 1 amide bonds. The quantitative estimate of drug-likeness (QED) is 0.199. The summed E-state index contributed by atoms with van der Waals surface area (Å²) >= 11 is 0. The number of sulfonamides is 1. The van der Waals surface area contributed by atoms with Gasteiger partial charge in [0.25, 0.3) is 15.9 Å². The van der Waals surface area contributed by atoms with Gasteiger partial charge in [-0.15, -0.1) is 0 Å². The zero-order valence-corrected chi connectivity index (χ0v) is 21.8. The Kier molecular flexibility index (Phi) is 8.85. The zero-order chi connectivity index (χ0) is 28.6. The van der Waals surface area contributed by atoms with Crippen LogP contribution in [0.4, 0.5) is 18.9 Å². The van der Waals surface area contributed by atoms with Crippen molar-refractivity contribution in [2.24, 2.45) is 5.10 Å². The van der Waals surface area contributed by atoms with Crippen molar-refractivity contribution in [3.63, 3.8) is 0 Å². The molecule has 0 aromatic heterocycles. The van der Waals surface area contributed by atoms with Crippen molar-refractivity contribution in [3.8, 4) is 5.75 Å². The van der Waals surface area contributed by atoms with Gasteiger partial charge >= 0.3 is 6.18 Å². The number of amides is 1. The first-order valence-corrected chi connectivity index (χ1v) is 13.4. The fourth-order valence-corrected chi connectivity index (χ4v) is 5.10. The number of rotatable bonds is 10. The Morgan fingerprint density at radius 1 is 0.875 bits per heavy atom. The molecule has 0 fully saturated rings. The highest BCUT2D eigenvalue weighted by atomic mass is 32.2. The zero-order valence-electron chi connectivity index (χ0n) is 21.0. The van der Waals surface area contributed by atoms with E-state index < -0.39 is 34.2 Å². The van der Waals surface area contributed by atoms with E-state index in [1.165, 1.54) is 36.5 Å². The molecule has 0 spiro atoms. The van der Waals surface area contributed by atoms with Crippen LogP contribution in [0.1, 0.15) is 16.7 Å². The lowest BCUT2D eigenvalue weighted by molar-refractivity contribution is -0.137. The van der Waals surface area contributed by atoms with Crippen molar-refractivity contribution in [2.75, 3.05) is 10.8 Å². The topological polar surface area (TPSA) is 88.1 Å². The lowest BCUT2D eigenvalue weighted by Gasteiger charge is -2.24. The molecule has 206 valence electrons. The smallest absolute Gasteiger partial charge is 0.416 e. The van der Waals surface area contributed by atoms with E-state index in [1.807, 2.05) is 30.3 Å². The van der Waals surface area contributed by atoms with Gasteiger partial charge in [-0.3, -0.25) is 9.10 Å². The van der Waals surface area contributed by atoms with Gasteiger partial charge in [-0.2, -0.15) is 18.3 Å². The first kappa shape index (κ1) is 28.4. The number of alkyl halides is 3. The summed E-state index contributed by atoms with van der Waals surface area (Å²) in [5.74, 6) is -0.363. The van der Waals surface area contributed by atoms with E-state index in [4.69, 9.17) is 4.74 Å². The van der Waals surface area contributed by atoms with Crippen LogP contribution in [0, 0.1) is 0 Å². The molecular weight excluding hydrogens is 543 g/mol. The van der Waals surface area contributed by atoms with Gasteiger partial charge in [0.1, 0.15) is 18.9 Å². The number of hydrogen-bond acceptors (Lipinski definition) is 5. The third-order valence-electron chi connectivity index (χ3n) is 5.63. The molecule has 0 radical (unpaired) electrons. The van der Waals surface area contributed by atoms with E-state index >= 15 is 0 Å². The highest BCUT2D eigenvalue weighted by molar-refractivity contribution is 7.92. The van der Waals surface area contributed by atoms with Gasteiger partial charge in [0, 0.05) is 5.56 Å². The monoisotopic (exact) mass is 567 g/mol. The number of nitrogens with one attached hydrogen (secondary N) is 1. The van der Waals surface area contributed by atoms with Crippen LogP contribution in [0.15, 0.2) is 119 Å². The summed E-state index contributed by atoms with van der Waals surface area (Å²) < 4.78 is 73.2. The first-order valence-electron chi connectivity index (χ1n) is 12.0. The number of para-hydroxylation sites is 1. The number of carbonyl (C=O) groups is 1. The lowest BCUT2D eigenvalue weighted by atomic mass is 10.2. The Bertz CT molecular complexity index is 1580. The van der Waals surface area contributed by atoms with Crippen LogP contribution in [0.5, 0.6) is 5.75 Å². The van der Waals surface area contributed by atoms with Crippen molar-refractivity contribution in [1.82, 2.24) is 5.43 Å². The maximum absolute atomic E-state index is 13.4. The van der Waals surface area contributed by atoms with E-state index in [-0.39, 0.29) is 10.6 Å². The normalized spacial score (nSPS) is 11.8. The average molecular weight is 568 g/mol. The predicted molar refractivity (Wildman–Crippen MR) is 145 cm³/mol. The van der Waals surface area contributed by atoms with Gasteiger partial charge in [0.15, 0.2) is 0 Å². The molecule has 7 nitrogen and oxygen atoms in total. The summed E-state index contributed by atoms with van der Waals surface area (Å²) in [5, 5.41) is 3.91. The van der Waals surface area contributed by atoms with Gasteiger partial charge < -0.3 is 4.74 Å². The molecule has 0 bridgehead atoms. The number of nitrogens with zero attached hydrogens (tertiary/aromatic N) is 2. The standard InChI is InChI=1S/C29H24F3N3O4S/c30-29(31,32)24-13-9-14-25(18-24)35(40(37,38)26-15-5-2-6-16-26)20-28(36)34-33-19-23-12-7-8-17-27(23)39-21-22-10-3-1-4-11-22/h1-19H,20-21H2,(H,34,36)/b33-19-. The molecule has 4 rings (SSSR count). The number of hydrogen-bond donors (Lipinski definition) is 1. The lowest BCUT2D eigenvalue weighted by Crippen LogP contribution is -2.39. The maximum atomic E-state index is 13.4. The number of halogens is 3. The number of hydrazone groups is 1. The molecule has 4 aromatic rings. The van der Waals surface area contributed by atoms with Crippen LogP contribution in [0.25, 0.3) is 0 Å². The van der Waals surface area contributed by atoms with E-state index in [0.29, 0.717) is 28.3 Å².